The summed E-state index contributed by atoms with van der Waals surface area (Å²) in [6, 6.07) is 0.854. The van der Waals surface area contributed by atoms with E-state index in [4.69, 9.17) is 0 Å². The third kappa shape index (κ3) is 1.64. The molecule has 2 aliphatic rings. The Morgan fingerprint density at radius 1 is 1.18 bits per heavy atom. The van der Waals surface area contributed by atoms with Crippen LogP contribution in [0.2, 0.25) is 0 Å². The lowest BCUT2D eigenvalue weighted by Crippen LogP contribution is -2.47. The van der Waals surface area contributed by atoms with Gasteiger partial charge in [-0.2, -0.15) is 0 Å². The summed E-state index contributed by atoms with van der Waals surface area (Å²) in [7, 11) is -0.497. The average molecular weight is 173 g/mol. The molecule has 64 valence electrons. The van der Waals surface area contributed by atoms with Crippen molar-refractivity contribution < 1.29 is 4.21 Å². The van der Waals surface area contributed by atoms with E-state index in [2.05, 4.69) is 4.90 Å². The van der Waals surface area contributed by atoms with Crippen LogP contribution in [-0.2, 0) is 10.8 Å². The van der Waals surface area contributed by atoms with E-state index in [1.54, 1.807) is 0 Å². The summed E-state index contributed by atoms with van der Waals surface area (Å²) >= 11 is 0. The van der Waals surface area contributed by atoms with Crippen molar-refractivity contribution in [1.29, 1.82) is 0 Å². The van der Waals surface area contributed by atoms with Gasteiger partial charge in [0, 0.05) is 41.4 Å². The Morgan fingerprint density at radius 2 is 1.82 bits per heavy atom. The Bertz CT molecular complexity index is 157. The van der Waals surface area contributed by atoms with Gasteiger partial charge in [0.15, 0.2) is 0 Å². The van der Waals surface area contributed by atoms with Crippen molar-refractivity contribution >= 4 is 10.8 Å². The van der Waals surface area contributed by atoms with E-state index in [1.165, 1.54) is 19.3 Å². The lowest BCUT2D eigenvalue weighted by Gasteiger charge is -2.39. The standard InChI is InChI=1S/C8H15NOS/c10-11-6-4-9(5-7-11)8-2-1-3-8/h8H,1-7H2. The first-order valence-corrected chi connectivity index (χ1v) is 5.94. The summed E-state index contributed by atoms with van der Waals surface area (Å²) in [4.78, 5) is 2.52. The van der Waals surface area contributed by atoms with Gasteiger partial charge in [-0.15, -0.1) is 0 Å². The molecule has 0 aromatic rings. The molecule has 11 heavy (non-hydrogen) atoms. The highest BCUT2D eigenvalue weighted by Crippen LogP contribution is 2.25. The second-order valence-electron chi connectivity index (χ2n) is 3.47. The molecule has 2 nitrogen and oxygen atoms in total. The minimum absolute atomic E-state index is 0.497. The van der Waals surface area contributed by atoms with E-state index in [0.29, 0.717) is 0 Å². The fraction of sp³-hybridized carbons (Fsp3) is 1.00. The molecule has 0 aromatic carbocycles. The Balaban J connectivity index is 1.82. The zero-order valence-corrected chi connectivity index (χ0v) is 7.61. The van der Waals surface area contributed by atoms with Crippen LogP contribution in [0.4, 0.5) is 0 Å². The molecule has 1 heterocycles. The van der Waals surface area contributed by atoms with E-state index >= 15 is 0 Å². The van der Waals surface area contributed by atoms with E-state index in [9.17, 15) is 4.21 Å². The van der Waals surface area contributed by atoms with E-state index in [0.717, 1.165) is 30.6 Å². The van der Waals surface area contributed by atoms with Gasteiger partial charge < -0.3 is 0 Å². The molecule has 2 fully saturated rings. The molecule has 0 aromatic heterocycles. The SMILES string of the molecule is O=S1CCN(C2CCC2)CC1. The summed E-state index contributed by atoms with van der Waals surface area (Å²) in [5.41, 5.74) is 0. The Morgan fingerprint density at radius 3 is 2.27 bits per heavy atom. The summed E-state index contributed by atoms with van der Waals surface area (Å²) in [6.45, 7) is 2.16. The highest BCUT2D eigenvalue weighted by atomic mass is 32.2. The molecular formula is C8H15NOS. The lowest BCUT2D eigenvalue weighted by atomic mass is 9.91. The molecule has 3 heteroatoms. The van der Waals surface area contributed by atoms with Gasteiger partial charge in [0.05, 0.1) is 0 Å². The van der Waals surface area contributed by atoms with Crippen molar-refractivity contribution in [1.82, 2.24) is 4.90 Å². The van der Waals surface area contributed by atoms with Crippen LogP contribution in [-0.4, -0.2) is 39.7 Å². The maximum atomic E-state index is 11.0. The molecule has 0 bridgehead atoms. The van der Waals surface area contributed by atoms with Crippen molar-refractivity contribution in [3.05, 3.63) is 0 Å². The quantitative estimate of drug-likeness (QED) is 0.579. The number of hydrogen-bond donors (Lipinski definition) is 0. The molecule has 0 atom stereocenters. The van der Waals surface area contributed by atoms with Crippen LogP contribution in [0.15, 0.2) is 0 Å². The maximum Gasteiger partial charge on any atom is 0.0363 e. The highest BCUT2D eigenvalue weighted by Gasteiger charge is 2.27. The van der Waals surface area contributed by atoms with Gasteiger partial charge in [-0.1, -0.05) is 6.42 Å². The monoisotopic (exact) mass is 173 g/mol. The highest BCUT2D eigenvalue weighted by molar-refractivity contribution is 7.85. The topological polar surface area (TPSA) is 20.3 Å². The van der Waals surface area contributed by atoms with Gasteiger partial charge in [0.25, 0.3) is 0 Å². The molecule has 2 rings (SSSR count). The first kappa shape index (κ1) is 7.74. The summed E-state index contributed by atoms with van der Waals surface area (Å²) < 4.78 is 11.0. The average Bonchev–Trinajstić information content (AvgIpc) is 1.90. The molecule has 0 spiro atoms. The first-order chi connectivity index (χ1) is 5.36. The zero-order valence-electron chi connectivity index (χ0n) is 6.79. The van der Waals surface area contributed by atoms with Gasteiger partial charge >= 0.3 is 0 Å². The number of nitrogens with zero attached hydrogens (tertiary/aromatic N) is 1. The Labute approximate surface area is 70.4 Å². The van der Waals surface area contributed by atoms with Crippen LogP contribution in [0, 0.1) is 0 Å². The normalized spacial score (nSPS) is 30.2. The summed E-state index contributed by atoms with van der Waals surface area (Å²) in [5.74, 6) is 1.83. The first-order valence-electron chi connectivity index (χ1n) is 4.45. The van der Waals surface area contributed by atoms with Crippen LogP contribution in [0.5, 0.6) is 0 Å². The van der Waals surface area contributed by atoms with Crippen LogP contribution < -0.4 is 0 Å². The second kappa shape index (κ2) is 3.23. The smallest absolute Gasteiger partial charge is 0.0363 e. The molecule has 0 unspecified atom stereocenters. The third-order valence-electron chi connectivity index (χ3n) is 2.80. The second-order valence-corrected chi connectivity index (χ2v) is 5.16. The van der Waals surface area contributed by atoms with E-state index in [-0.39, 0.29) is 0 Å². The van der Waals surface area contributed by atoms with Crippen LogP contribution in [0.25, 0.3) is 0 Å². The molecular weight excluding hydrogens is 158 g/mol. The van der Waals surface area contributed by atoms with Gasteiger partial charge in [-0.3, -0.25) is 9.11 Å². The van der Waals surface area contributed by atoms with Crippen LogP contribution in [0.3, 0.4) is 0 Å². The lowest BCUT2D eigenvalue weighted by molar-refractivity contribution is 0.140. The largest absolute Gasteiger partial charge is 0.299 e. The fourth-order valence-electron chi connectivity index (χ4n) is 1.77. The maximum absolute atomic E-state index is 11.0. The van der Waals surface area contributed by atoms with Crippen molar-refractivity contribution in [3.63, 3.8) is 0 Å². The van der Waals surface area contributed by atoms with Crippen molar-refractivity contribution in [2.75, 3.05) is 24.6 Å². The summed E-state index contributed by atoms with van der Waals surface area (Å²) in [5, 5.41) is 0. The molecule has 1 saturated heterocycles. The van der Waals surface area contributed by atoms with E-state index < -0.39 is 10.8 Å². The predicted octanol–water partition coefficient (Wildman–Crippen LogP) is 0.603. The third-order valence-corrected chi connectivity index (χ3v) is 4.08. The minimum atomic E-state index is -0.497. The van der Waals surface area contributed by atoms with Gasteiger partial charge in [0.2, 0.25) is 0 Å². The summed E-state index contributed by atoms with van der Waals surface area (Å²) in [6.07, 6.45) is 4.17. The van der Waals surface area contributed by atoms with Crippen LogP contribution in [0.1, 0.15) is 19.3 Å². The molecule has 1 aliphatic heterocycles. The molecule has 0 radical (unpaired) electrons. The molecule has 0 amide bonds. The fourth-order valence-corrected chi connectivity index (χ4v) is 2.85. The van der Waals surface area contributed by atoms with Crippen molar-refractivity contribution in [2.24, 2.45) is 0 Å². The Kier molecular flexibility index (Phi) is 2.28. The van der Waals surface area contributed by atoms with Crippen LogP contribution >= 0.6 is 0 Å². The molecule has 1 saturated carbocycles. The molecule has 1 aliphatic carbocycles. The van der Waals surface area contributed by atoms with Gasteiger partial charge in [-0.25, -0.2) is 0 Å². The van der Waals surface area contributed by atoms with Gasteiger partial charge in [0.1, 0.15) is 0 Å². The molecule has 0 N–H and O–H groups in total. The van der Waals surface area contributed by atoms with Crippen molar-refractivity contribution in [3.8, 4) is 0 Å². The minimum Gasteiger partial charge on any atom is -0.299 e. The zero-order chi connectivity index (χ0) is 7.68. The van der Waals surface area contributed by atoms with E-state index in [1.807, 2.05) is 0 Å². The van der Waals surface area contributed by atoms with Gasteiger partial charge in [-0.05, 0) is 12.8 Å². The predicted molar refractivity (Wildman–Crippen MR) is 47.1 cm³/mol. The van der Waals surface area contributed by atoms with Crippen molar-refractivity contribution in [2.45, 2.75) is 25.3 Å². The number of hydrogen-bond acceptors (Lipinski definition) is 2. The number of rotatable bonds is 1. The Hall–Kier alpha value is 0.110.